The van der Waals surface area contributed by atoms with Crippen molar-refractivity contribution in [3.05, 3.63) is 17.5 Å². The molecular formula is C19H33N5O. The van der Waals surface area contributed by atoms with Crippen molar-refractivity contribution in [1.82, 2.24) is 24.9 Å². The highest BCUT2D eigenvalue weighted by Crippen LogP contribution is 2.15. The number of amides is 1. The summed E-state index contributed by atoms with van der Waals surface area (Å²) in [4.78, 5) is 17.2. The lowest BCUT2D eigenvalue weighted by Crippen LogP contribution is -2.43. The summed E-state index contributed by atoms with van der Waals surface area (Å²) in [5.41, 5.74) is 2.25. The second-order valence-electron chi connectivity index (χ2n) is 7.97. The van der Waals surface area contributed by atoms with E-state index in [1.807, 2.05) is 6.92 Å². The van der Waals surface area contributed by atoms with Gasteiger partial charge in [-0.3, -0.25) is 19.3 Å². The molecule has 1 aromatic rings. The summed E-state index contributed by atoms with van der Waals surface area (Å²) >= 11 is 0. The third-order valence-electron chi connectivity index (χ3n) is 5.28. The van der Waals surface area contributed by atoms with Gasteiger partial charge in [-0.2, -0.15) is 5.10 Å². The summed E-state index contributed by atoms with van der Waals surface area (Å²) in [6, 6.07) is 2.13. The van der Waals surface area contributed by atoms with E-state index in [4.69, 9.17) is 5.10 Å². The number of fused-ring (bicyclic) bond motifs is 1. The number of aryl methyl sites for hydroxylation is 1. The second-order valence-corrected chi connectivity index (χ2v) is 7.97. The summed E-state index contributed by atoms with van der Waals surface area (Å²) < 4.78 is 2.13. The van der Waals surface area contributed by atoms with Crippen LogP contribution in [0.2, 0.25) is 0 Å². The molecule has 1 saturated heterocycles. The molecule has 1 unspecified atom stereocenters. The number of hydrogen-bond donors (Lipinski definition) is 1. The van der Waals surface area contributed by atoms with Gasteiger partial charge in [0, 0.05) is 26.2 Å². The molecule has 2 aliphatic rings. The Morgan fingerprint density at radius 2 is 1.92 bits per heavy atom. The minimum absolute atomic E-state index is 0.0375. The van der Waals surface area contributed by atoms with Crippen LogP contribution in [0.5, 0.6) is 0 Å². The second kappa shape index (κ2) is 8.32. The van der Waals surface area contributed by atoms with Crippen molar-refractivity contribution >= 4 is 5.91 Å². The van der Waals surface area contributed by atoms with Gasteiger partial charge in [-0.05, 0) is 51.3 Å². The summed E-state index contributed by atoms with van der Waals surface area (Å²) in [7, 11) is 0. The monoisotopic (exact) mass is 347 g/mol. The first-order valence-electron chi connectivity index (χ1n) is 9.82. The Balaban J connectivity index is 1.55. The number of nitrogens with zero attached hydrogens (tertiary/aromatic N) is 4. The highest BCUT2D eigenvalue weighted by atomic mass is 16.2. The first kappa shape index (κ1) is 18.4. The van der Waals surface area contributed by atoms with Crippen molar-refractivity contribution in [2.24, 2.45) is 5.92 Å². The van der Waals surface area contributed by atoms with Gasteiger partial charge in [0.05, 0.1) is 24.0 Å². The molecule has 0 aliphatic carbocycles. The Labute approximate surface area is 151 Å². The van der Waals surface area contributed by atoms with E-state index >= 15 is 0 Å². The van der Waals surface area contributed by atoms with E-state index in [1.54, 1.807) is 0 Å². The molecule has 1 N–H and O–H groups in total. The zero-order valence-electron chi connectivity index (χ0n) is 16.0. The standard InChI is InChI=1S/C19H33N5O/c1-15(2)13-22-7-6-10-24-18(14-22)11-17(21-24)12-20-19(25)16(3)23-8-4-5-9-23/h11,15-16H,4-10,12-14H2,1-3H3,(H,20,25). The Morgan fingerprint density at radius 1 is 1.16 bits per heavy atom. The zero-order chi connectivity index (χ0) is 17.8. The number of nitrogens with one attached hydrogen (secondary N) is 1. The molecule has 0 bridgehead atoms. The van der Waals surface area contributed by atoms with Gasteiger partial charge in [-0.25, -0.2) is 0 Å². The van der Waals surface area contributed by atoms with Gasteiger partial charge in [0.2, 0.25) is 5.91 Å². The molecule has 6 nitrogen and oxygen atoms in total. The van der Waals surface area contributed by atoms with Crippen LogP contribution in [0.25, 0.3) is 0 Å². The van der Waals surface area contributed by atoms with Gasteiger partial charge in [0.25, 0.3) is 0 Å². The molecule has 140 valence electrons. The molecule has 2 aliphatic heterocycles. The van der Waals surface area contributed by atoms with Crippen molar-refractivity contribution in [2.75, 3.05) is 26.2 Å². The van der Waals surface area contributed by atoms with Gasteiger partial charge in [-0.15, -0.1) is 0 Å². The predicted molar refractivity (Wildman–Crippen MR) is 99.1 cm³/mol. The minimum Gasteiger partial charge on any atom is -0.349 e. The molecular weight excluding hydrogens is 314 g/mol. The maximum Gasteiger partial charge on any atom is 0.237 e. The number of rotatable bonds is 6. The number of aromatic nitrogens is 2. The molecule has 0 spiro atoms. The maximum atomic E-state index is 12.4. The lowest BCUT2D eigenvalue weighted by atomic mass is 10.2. The minimum atomic E-state index is -0.0375. The van der Waals surface area contributed by atoms with Gasteiger partial charge in [-0.1, -0.05) is 13.8 Å². The predicted octanol–water partition coefficient (Wildman–Crippen LogP) is 1.85. The fourth-order valence-corrected chi connectivity index (χ4v) is 3.97. The average Bonchev–Trinajstić information content (AvgIpc) is 3.18. The lowest BCUT2D eigenvalue weighted by Gasteiger charge is -2.22. The van der Waals surface area contributed by atoms with E-state index < -0.39 is 0 Å². The van der Waals surface area contributed by atoms with Crippen LogP contribution in [0.1, 0.15) is 51.4 Å². The molecule has 6 heteroatoms. The van der Waals surface area contributed by atoms with Crippen LogP contribution in [0.15, 0.2) is 6.07 Å². The normalized spacial score (nSPS) is 20.5. The van der Waals surface area contributed by atoms with Gasteiger partial charge >= 0.3 is 0 Å². The molecule has 3 rings (SSSR count). The van der Waals surface area contributed by atoms with E-state index in [0.717, 1.165) is 51.4 Å². The summed E-state index contributed by atoms with van der Waals surface area (Å²) in [6.07, 6.45) is 3.55. The third-order valence-corrected chi connectivity index (χ3v) is 5.28. The van der Waals surface area contributed by atoms with E-state index in [0.29, 0.717) is 12.5 Å². The van der Waals surface area contributed by atoms with Crippen molar-refractivity contribution in [2.45, 2.75) is 65.7 Å². The first-order valence-corrected chi connectivity index (χ1v) is 9.82. The van der Waals surface area contributed by atoms with E-state index in [1.165, 1.54) is 18.5 Å². The van der Waals surface area contributed by atoms with Crippen molar-refractivity contribution in [1.29, 1.82) is 0 Å². The van der Waals surface area contributed by atoms with E-state index in [9.17, 15) is 4.79 Å². The van der Waals surface area contributed by atoms with Crippen LogP contribution in [0.3, 0.4) is 0 Å². The van der Waals surface area contributed by atoms with Crippen LogP contribution in [0, 0.1) is 5.92 Å². The fraction of sp³-hybridized carbons (Fsp3) is 0.789. The van der Waals surface area contributed by atoms with Crippen molar-refractivity contribution in [3.63, 3.8) is 0 Å². The number of likely N-dealkylation sites (tertiary alicyclic amines) is 1. The largest absolute Gasteiger partial charge is 0.349 e. The highest BCUT2D eigenvalue weighted by Gasteiger charge is 2.24. The molecule has 0 radical (unpaired) electrons. The Hall–Kier alpha value is -1.40. The highest BCUT2D eigenvalue weighted by molar-refractivity contribution is 5.81. The lowest BCUT2D eigenvalue weighted by molar-refractivity contribution is -0.125. The molecule has 1 fully saturated rings. The van der Waals surface area contributed by atoms with Crippen LogP contribution in [-0.4, -0.2) is 57.7 Å². The molecule has 1 amide bonds. The van der Waals surface area contributed by atoms with Crippen molar-refractivity contribution in [3.8, 4) is 0 Å². The van der Waals surface area contributed by atoms with E-state index in [-0.39, 0.29) is 11.9 Å². The molecule has 1 atom stereocenters. The van der Waals surface area contributed by atoms with Gasteiger partial charge in [0.15, 0.2) is 0 Å². The quantitative estimate of drug-likeness (QED) is 0.853. The molecule has 0 saturated carbocycles. The molecule has 3 heterocycles. The SMILES string of the molecule is CC(C)CN1CCCn2nc(CNC(=O)C(C)N3CCCC3)cc2C1. The molecule has 25 heavy (non-hydrogen) atoms. The number of carbonyl (C=O) groups excluding carboxylic acids is 1. The third kappa shape index (κ3) is 4.82. The summed E-state index contributed by atoms with van der Waals surface area (Å²) in [5.74, 6) is 0.798. The van der Waals surface area contributed by atoms with Crippen LogP contribution < -0.4 is 5.32 Å². The topological polar surface area (TPSA) is 53.4 Å². The zero-order valence-corrected chi connectivity index (χ0v) is 16.0. The van der Waals surface area contributed by atoms with Gasteiger partial charge in [0.1, 0.15) is 0 Å². The smallest absolute Gasteiger partial charge is 0.237 e. The Bertz CT molecular complexity index is 576. The first-order chi connectivity index (χ1) is 12.0. The summed E-state index contributed by atoms with van der Waals surface area (Å²) in [6.45, 7) is 13.4. The average molecular weight is 348 g/mol. The number of carbonyl (C=O) groups is 1. The van der Waals surface area contributed by atoms with Crippen LogP contribution in [-0.2, 0) is 24.4 Å². The Kier molecular flexibility index (Phi) is 6.12. The van der Waals surface area contributed by atoms with Crippen LogP contribution in [0.4, 0.5) is 0 Å². The van der Waals surface area contributed by atoms with Crippen LogP contribution >= 0.6 is 0 Å². The van der Waals surface area contributed by atoms with E-state index in [2.05, 4.69) is 39.7 Å². The fourth-order valence-electron chi connectivity index (χ4n) is 3.97. The van der Waals surface area contributed by atoms with Crippen molar-refractivity contribution < 1.29 is 4.79 Å². The maximum absolute atomic E-state index is 12.4. The molecule has 0 aromatic carbocycles. The number of hydrogen-bond acceptors (Lipinski definition) is 4. The Morgan fingerprint density at radius 3 is 2.64 bits per heavy atom. The molecule has 1 aromatic heterocycles. The summed E-state index contributed by atoms with van der Waals surface area (Å²) in [5, 5.41) is 7.79. The van der Waals surface area contributed by atoms with Gasteiger partial charge < -0.3 is 5.32 Å².